The van der Waals surface area contributed by atoms with E-state index in [1.54, 1.807) is 24.4 Å². The number of urea groups is 1. The molecular weight excluding hydrogens is 410 g/mol. The predicted octanol–water partition coefficient (Wildman–Crippen LogP) is 5.58. The third-order valence-corrected chi connectivity index (χ3v) is 6.26. The van der Waals surface area contributed by atoms with E-state index in [1.165, 1.54) is 12.1 Å². The van der Waals surface area contributed by atoms with E-state index in [0.717, 1.165) is 16.5 Å². The number of aromatic nitrogens is 1. The molecule has 0 aliphatic heterocycles. The van der Waals surface area contributed by atoms with Crippen LogP contribution in [0.15, 0.2) is 47.5 Å². The molecule has 2 amide bonds. The summed E-state index contributed by atoms with van der Waals surface area (Å²) >= 11 is 6.24. The van der Waals surface area contributed by atoms with Gasteiger partial charge < -0.3 is 10.3 Å². The van der Waals surface area contributed by atoms with Crippen LogP contribution in [0.5, 0.6) is 0 Å². The second-order valence-electron chi connectivity index (χ2n) is 7.55. The van der Waals surface area contributed by atoms with Crippen LogP contribution in [0.4, 0.5) is 10.5 Å². The van der Waals surface area contributed by atoms with Gasteiger partial charge in [0.1, 0.15) is 0 Å². The quantitative estimate of drug-likeness (QED) is 0.490. The Morgan fingerprint density at radius 1 is 1.00 bits per heavy atom. The number of rotatable bonds is 5. The Kier molecular flexibility index (Phi) is 5.91. The maximum absolute atomic E-state index is 12.7. The van der Waals surface area contributed by atoms with Crippen molar-refractivity contribution >= 4 is 44.2 Å². The van der Waals surface area contributed by atoms with Gasteiger partial charge in [-0.15, -0.1) is 0 Å². The number of aromatic amines is 1. The fraction of sp³-hybridized carbons (Fsp3) is 0.286. The van der Waals surface area contributed by atoms with E-state index >= 15 is 0 Å². The summed E-state index contributed by atoms with van der Waals surface area (Å²) in [6.07, 6.45) is 1.72. The largest absolute Gasteiger partial charge is 0.361 e. The van der Waals surface area contributed by atoms with Crippen molar-refractivity contribution in [3.63, 3.8) is 0 Å². The topological polar surface area (TPSA) is 91.1 Å². The second-order valence-corrected chi connectivity index (χ2v) is 9.67. The van der Waals surface area contributed by atoms with Crippen LogP contribution in [-0.2, 0) is 10.0 Å². The van der Waals surface area contributed by atoms with Crippen LogP contribution in [0.25, 0.3) is 10.9 Å². The van der Waals surface area contributed by atoms with Crippen LogP contribution >= 0.6 is 11.6 Å². The van der Waals surface area contributed by atoms with E-state index in [9.17, 15) is 13.2 Å². The highest BCUT2D eigenvalue weighted by Gasteiger charge is 2.22. The van der Waals surface area contributed by atoms with Gasteiger partial charge in [-0.05, 0) is 58.7 Å². The lowest BCUT2D eigenvalue weighted by Crippen LogP contribution is -2.35. The van der Waals surface area contributed by atoms with Crippen molar-refractivity contribution in [1.29, 1.82) is 0 Å². The van der Waals surface area contributed by atoms with Crippen LogP contribution in [-0.4, -0.2) is 19.4 Å². The number of fused-ring (bicyclic) bond motifs is 1. The SMILES string of the molecule is CC(C)c1cc(Cl)cc(C(C)C)c1NC(=O)NS(=O)(=O)c1ccc2cc[nH]c2c1. The number of H-pyrrole nitrogens is 1. The summed E-state index contributed by atoms with van der Waals surface area (Å²) in [5.74, 6) is 0.182. The molecule has 0 aliphatic rings. The third-order valence-electron chi connectivity index (χ3n) is 4.71. The Morgan fingerprint density at radius 2 is 1.62 bits per heavy atom. The Balaban J connectivity index is 1.90. The van der Waals surface area contributed by atoms with Crippen LogP contribution < -0.4 is 10.0 Å². The first-order valence-electron chi connectivity index (χ1n) is 9.32. The zero-order valence-corrected chi connectivity index (χ0v) is 18.3. The minimum atomic E-state index is -4.03. The van der Waals surface area contributed by atoms with Gasteiger partial charge in [-0.3, -0.25) is 0 Å². The van der Waals surface area contributed by atoms with Gasteiger partial charge in [0, 0.05) is 22.4 Å². The lowest BCUT2D eigenvalue weighted by atomic mass is 9.92. The average Bonchev–Trinajstić information content (AvgIpc) is 3.09. The van der Waals surface area contributed by atoms with E-state index in [4.69, 9.17) is 11.6 Å². The van der Waals surface area contributed by atoms with Gasteiger partial charge in [-0.25, -0.2) is 17.9 Å². The zero-order valence-electron chi connectivity index (χ0n) is 16.7. The molecule has 0 atom stereocenters. The first-order valence-corrected chi connectivity index (χ1v) is 11.2. The highest BCUT2D eigenvalue weighted by molar-refractivity contribution is 7.90. The summed E-state index contributed by atoms with van der Waals surface area (Å²) in [6, 6.07) is 9.25. The second kappa shape index (κ2) is 8.08. The molecule has 154 valence electrons. The Labute approximate surface area is 175 Å². The molecule has 1 aromatic heterocycles. The fourth-order valence-corrected chi connectivity index (χ4v) is 4.39. The van der Waals surface area contributed by atoms with Crippen LogP contribution in [0.2, 0.25) is 5.02 Å². The number of benzene rings is 2. The highest BCUT2D eigenvalue weighted by atomic mass is 35.5. The number of carbonyl (C=O) groups excluding carboxylic acids is 1. The number of carbonyl (C=O) groups is 1. The Bertz CT molecular complexity index is 1140. The van der Waals surface area contributed by atoms with E-state index in [-0.39, 0.29) is 16.7 Å². The maximum atomic E-state index is 12.7. The molecule has 0 saturated carbocycles. The Hall–Kier alpha value is -2.51. The summed E-state index contributed by atoms with van der Waals surface area (Å²) in [5, 5.41) is 4.20. The molecule has 0 spiro atoms. The minimum Gasteiger partial charge on any atom is -0.361 e. The van der Waals surface area contributed by atoms with Gasteiger partial charge in [0.05, 0.1) is 4.90 Å². The predicted molar refractivity (Wildman–Crippen MR) is 117 cm³/mol. The molecular formula is C21H24ClN3O3S. The molecule has 0 radical (unpaired) electrons. The number of sulfonamides is 1. The lowest BCUT2D eigenvalue weighted by Gasteiger charge is -2.21. The molecule has 0 fully saturated rings. The summed E-state index contributed by atoms with van der Waals surface area (Å²) < 4.78 is 27.5. The number of hydrogen-bond acceptors (Lipinski definition) is 3. The van der Waals surface area contributed by atoms with E-state index in [0.29, 0.717) is 16.2 Å². The minimum absolute atomic E-state index is 0.00636. The number of anilines is 1. The van der Waals surface area contributed by atoms with Gasteiger partial charge in [0.25, 0.3) is 10.0 Å². The molecule has 0 aliphatic carbocycles. The molecule has 0 bridgehead atoms. The van der Waals surface area contributed by atoms with Crippen molar-refractivity contribution in [3.05, 3.63) is 58.7 Å². The maximum Gasteiger partial charge on any atom is 0.333 e. The molecule has 0 saturated heterocycles. The van der Waals surface area contributed by atoms with Crippen molar-refractivity contribution in [3.8, 4) is 0 Å². The van der Waals surface area contributed by atoms with Gasteiger partial charge in [0.15, 0.2) is 0 Å². The number of nitrogens with one attached hydrogen (secondary N) is 3. The third kappa shape index (κ3) is 4.57. The van der Waals surface area contributed by atoms with E-state index in [1.807, 2.05) is 33.8 Å². The van der Waals surface area contributed by atoms with E-state index < -0.39 is 16.1 Å². The van der Waals surface area contributed by atoms with Gasteiger partial charge in [-0.2, -0.15) is 0 Å². The highest BCUT2D eigenvalue weighted by Crippen LogP contribution is 2.35. The van der Waals surface area contributed by atoms with Crippen molar-refractivity contribution < 1.29 is 13.2 Å². The molecule has 3 aromatic rings. The number of amides is 2. The van der Waals surface area contributed by atoms with Crippen molar-refractivity contribution in [2.45, 2.75) is 44.4 Å². The zero-order chi connectivity index (χ0) is 21.3. The van der Waals surface area contributed by atoms with E-state index in [2.05, 4.69) is 15.0 Å². The van der Waals surface area contributed by atoms with Gasteiger partial charge >= 0.3 is 6.03 Å². The molecule has 29 heavy (non-hydrogen) atoms. The van der Waals surface area contributed by atoms with Gasteiger partial charge in [0.2, 0.25) is 0 Å². The number of halogens is 1. The summed E-state index contributed by atoms with van der Waals surface area (Å²) in [4.78, 5) is 15.6. The molecule has 3 N–H and O–H groups in total. The molecule has 2 aromatic carbocycles. The number of hydrogen-bond donors (Lipinski definition) is 3. The van der Waals surface area contributed by atoms with Crippen molar-refractivity contribution in [2.75, 3.05) is 5.32 Å². The normalized spacial score (nSPS) is 12.0. The fourth-order valence-electron chi connectivity index (χ4n) is 3.22. The standard InChI is InChI=1S/C21H24ClN3O3S/c1-12(2)17-9-15(22)10-18(13(3)4)20(17)24-21(26)25-29(27,28)16-6-5-14-7-8-23-19(14)11-16/h5-13,23H,1-4H3,(H2,24,25,26). The molecule has 0 unspecified atom stereocenters. The Morgan fingerprint density at radius 3 is 2.21 bits per heavy atom. The summed E-state index contributed by atoms with van der Waals surface area (Å²) in [6.45, 7) is 7.95. The van der Waals surface area contributed by atoms with Crippen LogP contribution in [0.3, 0.4) is 0 Å². The first-order chi connectivity index (χ1) is 13.6. The molecule has 8 heteroatoms. The lowest BCUT2D eigenvalue weighted by molar-refractivity contribution is 0.256. The average molecular weight is 434 g/mol. The first kappa shape index (κ1) is 21.2. The molecule has 3 rings (SSSR count). The van der Waals surface area contributed by atoms with Crippen molar-refractivity contribution in [2.24, 2.45) is 0 Å². The van der Waals surface area contributed by atoms with Crippen LogP contribution in [0.1, 0.15) is 50.7 Å². The van der Waals surface area contributed by atoms with Gasteiger partial charge in [-0.1, -0.05) is 45.4 Å². The van der Waals surface area contributed by atoms with Crippen molar-refractivity contribution in [1.82, 2.24) is 9.71 Å². The summed E-state index contributed by atoms with van der Waals surface area (Å²) in [5.41, 5.74) is 2.96. The molecule has 1 heterocycles. The van der Waals surface area contributed by atoms with Crippen LogP contribution in [0, 0.1) is 0 Å². The summed E-state index contributed by atoms with van der Waals surface area (Å²) in [7, 11) is -4.03. The smallest absolute Gasteiger partial charge is 0.333 e. The monoisotopic (exact) mass is 433 g/mol. The molecule has 6 nitrogen and oxygen atoms in total.